The maximum absolute atomic E-state index is 10.9. The van der Waals surface area contributed by atoms with Gasteiger partial charge >= 0.3 is 0 Å². The van der Waals surface area contributed by atoms with E-state index in [1.807, 2.05) is 6.07 Å². The monoisotopic (exact) mass is 256 g/mol. The molecule has 0 aliphatic rings. The number of nitrogens with two attached hydrogens (primary N) is 1. The quantitative estimate of drug-likeness (QED) is 0.648. The highest BCUT2D eigenvalue weighted by Crippen LogP contribution is 2.22. The lowest BCUT2D eigenvalue weighted by Gasteiger charge is -2.03. The highest BCUT2D eigenvalue weighted by molar-refractivity contribution is 8.00. The Morgan fingerprint density at radius 2 is 2.19 bits per heavy atom. The van der Waals surface area contributed by atoms with Crippen LogP contribution < -0.4 is 5.73 Å². The molecule has 0 unspecified atom stereocenters. The third kappa shape index (κ3) is 4.13. The van der Waals surface area contributed by atoms with E-state index in [-0.39, 0.29) is 5.75 Å². The Bertz CT molecular complexity index is 518. The van der Waals surface area contributed by atoms with Gasteiger partial charge in [-0.25, -0.2) is 8.42 Å². The van der Waals surface area contributed by atoms with Crippen molar-refractivity contribution in [1.82, 2.24) is 0 Å². The molecule has 0 spiro atoms. The molecule has 4 nitrogen and oxygen atoms in total. The number of thioether (sulfide) groups is 1. The normalized spacial score (nSPS) is 11.0. The van der Waals surface area contributed by atoms with Crippen molar-refractivity contribution in [2.75, 3.05) is 23.5 Å². The second-order valence-corrected chi connectivity index (χ2v) is 6.77. The van der Waals surface area contributed by atoms with E-state index in [1.54, 1.807) is 18.2 Å². The van der Waals surface area contributed by atoms with Gasteiger partial charge in [0.1, 0.15) is 15.9 Å². The summed E-state index contributed by atoms with van der Waals surface area (Å²) in [6.45, 7) is 0. The first-order valence-corrected chi connectivity index (χ1v) is 7.57. The summed E-state index contributed by atoms with van der Waals surface area (Å²) in [5.74, 6) is 0.627. The van der Waals surface area contributed by atoms with Gasteiger partial charge in [-0.15, -0.1) is 11.8 Å². The van der Waals surface area contributed by atoms with Gasteiger partial charge in [0, 0.05) is 16.9 Å². The molecule has 1 rings (SSSR count). The van der Waals surface area contributed by atoms with Crippen LogP contribution in [0.25, 0.3) is 0 Å². The predicted molar refractivity (Wildman–Crippen MR) is 66.0 cm³/mol. The topological polar surface area (TPSA) is 84.0 Å². The lowest BCUT2D eigenvalue weighted by atomic mass is 10.2. The highest BCUT2D eigenvalue weighted by atomic mass is 32.2. The molecule has 0 saturated heterocycles. The molecule has 0 fully saturated rings. The van der Waals surface area contributed by atoms with E-state index in [9.17, 15) is 8.42 Å². The largest absolute Gasteiger partial charge is 0.398 e. The molecule has 2 N–H and O–H groups in total. The van der Waals surface area contributed by atoms with Gasteiger partial charge in [0.05, 0.1) is 17.0 Å². The van der Waals surface area contributed by atoms with Crippen molar-refractivity contribution < 1.29 is 8.42 Å². The van der Waals surface area contributed by atoms with Gasteiger partial charge in [-0.2, -0.15) is 5.26 Å². The number of nitrogen functional groups attached to an aromatic ring is 1. The van der Waals surface area contributed by atoms with Gasteiger partial charge in [0.2, 0.25) is 0 Å². The number of anilines is 1. The Morgan fingerprint density at radius 3 is 2.69 bits per heavy atom. The first-order chi connectivity index (χ1) is 7.42. The zero-order chi connectivity index (χ0) is 12.2. The summed E-state index contributed by atoms with van der Waals surface area (Å²) in [6.07, 6.45) is 1.21. The average Bonchev–Trinajstić information content (AvgIpc) is 2.16. The van der Waals surface area contributed by atoms with Crippen molar-refractivity contribution in [1.29, 1.82) is 5.26 Å². The van der Waals surface area contributed by atoms with Crippen LogP contribution in [-0.2, 0) is 9.84 Å². The Hall–Kier alpha value is -1.19. The predicted octanol–water partition coefficient (Wildman–Crippen LogP) is 1.28. The molecule has 0 aliphatic heterocycles. The molecule has 1 aromatic carbocycles. The Morgan fingerprint density at radius 1 is 1.50 bits per heavy atom. The number of nitrogens with zero attached hydrogens (tertiary/aromatic N) is 1. The summed E-state index contributed by atoms with van der Waals surface area (Å²) >= 11 is 1.41. The van der Waals surface area contributed by atoms with Gasteiger partial charge in [-0.05, 0) is 18.2 Å². The number of hydrogen-bond acceptors (Lipinski definition) is 5. The molecule has 1 aromatic rings. The Kier molecular flexibility index (Phi) is 4.21. The van der Waals surface area contributed by atoms with Crippen molar-refractivity contribution in [3.05, 3.63) is 23.8 Å². The second kappa shape index (κ2) is 5.23. The van der Waals surface area contributed by atoms with Gasteiger partial charge in [-0.3, -0.25) is 0 Å². The summed E-state index contributed by atoms with van der Waals surface area (Å²) in [5.41, 5.74) is 6.50. The summed E-state index contributed by atoms with van der Waals surface area (Å²) in [7, 11) is -2.92. The van der Waals surface area contributed by atoms with E-state index in [1.165, 1.54) is 18.0 Å². The molecular formula is C10H12N2O2S2. The van der Waals surface area contributed by atoms with Crippen molar-refractivity contribution >= 4 is 27.3 Å². The standard InChI is InChI=1S/C10H12N2O2S2/c1-16(13,14)5-4-15-9-3-2-8(7-11)10(12)6-9/h2-3,6H,4-5,12H2,1H3. The number of sulfone groups is 1. The lowest BCUT2D eigenvalue weighted by molar-refractivity contribution is 0.603. The molecule has 0 aromatic heterocycles. The van der Waals surface area contributed by atoms with Crippen LogP contribution in [0.2, 0.25) is 0 Å². The van der Waals surface area contributed by atoms with E-state index >= 15 is 0 Å². The number of benzene rings is 1. The molecular weight excluding hydrogens is 244 g/mol. The lowest BCUT2D eigenvalue weighted by Crippen LogP contribution is -2.04. The molecule has 6 heteroatoms. The van der Waals surface area contributed by atoms with Gasteiger partial charge < -0.3 is 5.73 Å². The average molecular weight is 256 g/mol. The molecule has 0 atom stereocenters. The van der Waals surface area contributed by atoms with Crippen LogP contribution >= 0.6 is 11.8 Å². The van der Waals surface area contributed by atoms with E-state index in [2.05, 4.69) is 0 Å². The summed E-state index contributed by atoms with van der Waals surface area (Å²) in [4.78, 5) is 0.875. The summed E-state index contributed by atoms with van der Waals surface area (Å²) in [5, 5.41) is 8.68. The van der Waals surface area contributed by atoms with Gasteiger partial charge in [-0.1, -0.05) is 0 Å². The highest BCUT2D eigenvalue weighted by Gasteiger charge is 2.04. The van der Waals surface area contributed by atoms with Crippen LogP contribution in [0.1, 0.15) is 5.56 Å². The van der Waals surface area contributed by atoms with Crippen LogP contribution in [0.4, 0.5) is 5.69 Å². The third-order valence-electron chi connectivity index (χ3n) is 1.87. The molecule has 0 saturated carbocycles. The Labute approximate surface area is 99.4 Å². The fourth-order valence-electron chi connectivity index (χ4n) is 1.04. The fourth-order valence-corrected chi connectivity index (χ4v) is 3.20. The number of rotatable bonds is 4. The minimum absolute atomic E-state index is 0.136. The minimum atomic E-state index is -2.92. The van der Waals surface area contributed by atoms with Crippen LogP contribution in [0.5, 0.6) is 0 Å². The maximum atomic E-state index is 10.9. The van der Waals surface area contributed by atoms with Crippen LogP contribution in [0.3, 0.4) is 0 Å². The SMILES string of the molecule is CS(=O)(=O)CCSc1ccc(C#N)c(N)c1. The zero-order valence-corrected chi connectivity index (χ0v) is 10.4. The van der Waals surface area contributed by atoms with Crippen LogP contribution in [0, 0.1) is 11.3 Å². The van der Waals surface area contributed by atoms with Crippen molar-refractivity contribution in [2.45, 2.75) is 4.90 Å². The van der Waals surface area contributed by atoms with Crippen molar-refractivity contribution in [3.8, 4) is 6.07 Å². The first kappa shape index (κ1) is 12.9. The molecule has 0 heterocycles. The maximum Gasteiger partial charge on any atom is 0.148 e. The summed E-state index contributed by atoms with van der Waals surface area (Å²) < 4.78 is 21.8. The molecule has 0 radical (unpaired) electrons. The smallest absolute Gasteiger partial charge is 0.148 e. The molecule has 86 valence electrons. The Balaban J connectivity index is 2.63. The number of nitriles is 1. The van der Waals surface area contributed by atoms with Crippen molar-refractivity contribution in [3.63, 3.8) is 0 Å². The van der Waals surface area contributed by atoms with E-state index < -0.39 is 9.84 Å². The van der Waals surface area contributed by atoms with Crippen molar-refractivity contribution in [2.24, 2.45) is 0 Å². The number of hydrogen-bond donors (Lipinski definition) is 1. The minimum Gasteiger partial charge on any atom is -0.398 e. The molecule has 16 heavy (non-hydrogen) atoms. The molecule has 0 aliphatic carbocycles. The van der Waals surface area contributed by atoms with Crippen LogP contribution in [0.15, 0.2) is 23.1 Å². The fraction of sp³-hybridized carbons (Fsp3) is 0.300. The molecule has 0 amide bonds. The van der Waals surface area contributed by atoms with Gasteiger partial charge in [0.25, 0.3) is 0 Å². The first-order valence-electron chi connectivity index (χ1n) is 4.52. The molecule has 0 bridgehead atoms. The van der Waals surface area contributed by atoms with E-state index in [0.717, 1.165) is 4.90 Å². The third-order valence-corrected chi connectivity index (χ3v) is 4.07. The zero-order valence-electron chi connectivity index (χ0n) is 8.80. The van der Waals surface area contributed by atoms with Crippen LogP contribution in [-0.4, -0.2) is 26.2 Å². The van der Waals surface area contributed by atoms with E-state index in [0.29, 0.717) is 17.0 Å². The van der Waals surface area contributed by atoms with Gasteiger partial charge in [0.15, 0.2) is 0 Å². The second-order valence-electron chi connectivity index (χ2n) is 3.34. The van der Waals surface area contributed by atoms with E-state index in [4.69, 9.17) is 11.0 Å². The summed E-state index contributed by atoms with van der Waals surface area (Å²) in [6, 6.07) is 7.06.